The van der Waals surface area contributed by atoms with Crippen molar-refractivity contribution in [1.82, 2.24) is 15.2 Å². The van der Waals surface area contributed by atoms with E-state index in [4.69, 9.17) is 0 Å². The molecule has 1 aromatic rings. The first-order chi connectivity index (χ1) is 8.25. The second kappa shape index (κ2) is 5.77. The van der Waals surface area contributed by atoms with Crippen molar-refractivity contribution >= 4 is 5.91 Å². The molecule has 0 spiro atoms. The largest absolute Gasteiger partial charge is 0.341 e. The van der Waals surface area contributed by atoms with Gasteiger partial charge in [0.15, 0.2) is 0 Å². The fourth-order valence-corrected chi connectivity index (χ4v) is 1.72. The van der Waals surface area contributed by atoms with Crippen LogP contribution >= 0.6 is 0 Å². The average Bonchev–Trinajstić information content (AvgIpc) is 3.14. The Morgan fingerprint density at radius 2 is 2.41 bits per heavy atom. The van der Waals surface area contributed by atoms with Crippen molar-refractivity contribution in [1.29, 1.82) is 0 Å². The van der Waals surface area contributed by atoms with E-state index >= 15 is 0 Å². The number of pyridine rings is 1. The molecule has 92 valence electrons. The molecule has 1 aliphatic rings. The minimum atomic E-state index is 0.182. The molecule has 1 fully saturated rings. The molecule has 0 aromatic carbocycles. The van der Waals surface area contributed by atoms with Crippen LogP contribution in [-0.4, -0.2) is 35.4 Å². The summed E-state index contributed by atoms with van der Waals surface area (Å²) in [7, 11) is 1.84. The number of rotatable bonds is 6. The van der Waals surface area contributed by atoms with Gasteiger partial charge in [-0.1, -0.05) is 6.07 Å². The van der Waals surface area contributed by atoms with Crippen molar-refractivity contribution in [3.63, 3.8) is 0 Å². The summed E-state index contributed by atoms with van der Waals surface area (Å²) in [4.78, 5) is 17.6. The third-order valence-electron chi connectivity index (χ3n) is 2.92. The molecule has 1 amide bonds. The van der Waals surface area contributed by atoms with Gasteiger partial charge >= 0.3 is 0 Å². The summed E-state index contributed by atoms with van der Waals surface area (Å²) >= 11 is 0. The van der Waals surface area contributed by atoms with Crippen LogP contribution in [0.15, 0.2) is 24.5 Å². The average molecular weight is 233 g/mol. The van der Waals surface area contributed by atoms with Crippen LogP contribution in [0, 0.1) is 0 Å². The molecule has 17 heavy (non-hydrogen) atoms. The Labute approximate surface area is 102 Å². The Morgan fingerprint density at radius 1 is 1.59 bits per heavy atom. The second-order valence-electron chi connectivity index (χ2n) is 4.59. The van der Waals surface area contributed by atoms with Gasteiger partial charge in [-0.05, 0) is 24.5 Å². The van der Waals surface area contributed by atoms with Gasteiger partial charge in [-0.3, -0.25) is 9.78 Å². The van der Waals surface area contributed by atoms with Crippen molar-refractivity contribution in [3.05, 3.63) is 30.1 Å². The Kier molecular flexibility index (Phi) is 4.09. The molecule has 0 saturated heterocycles. The molecular formula is C13H19N3O. The van der Waals surface area contributed by atoms with Gasteiger partial charge in [0.1, 0.15) is 0 Å². The monoisotopic (exact) mass is 233 g/mol. The molecule has 0 unspecified atom stereocenters. The highest BCUT2D eigenvalue weighted by Gasteiger charge is 2.20. The summed E-state index contributed by atoms with van der Waals surface area (Å²) in [6.07, 6.45) is 6.64. The SMILES string of the molecule is CN(Cc1cccnc1)C(=O)CCNC1CC1. The molecule has 1 heterocycles. The number of aromatic nitrogens is 1. The Balaban J connectivity index is 1.70. The van der Waals surface area contributed by atoms with Gasteiger partial charge in [-0.15, -0.1) is 0 Å². The lowest BCUT2D eigenvalue weighted by Crippen LogP contribution is -2.30. The predicted octanol–water partition coefficient (Wildman–Crippen LogP) is 1.18. The first-order valence-electron chi connectivity index (χ1n) is 6.12. The van der Waals surface area contributed by atoms with E-state index in [1.165, 1.54) is 12.8 Å². The Bertz CT molecular complexity index is 362. The van der Waals surface area contributed by atoms with Crippen LogP contribution in [0.4, 0.5) is 0 Å². The quantitative estimate of drug-likeness (QED) is 0.802. The molecule has 0 radical (unpaired) electrons. The minimum Gasteiger partial charge on any atom is -0.341 e. The highest BCUT2D eigenvalue weighted by molar-refractivity contribution is 5.76. The summed E-state index contributed by atoms with van der Waals surface area (Å²) in [5.41, 5.74) is 1.07. The maximum Gasteiger partial charge on any atom is 0.223 e. The van der Waals surface area contributed by atoms with Crippen LogP contribution < -0.4 is 5.32 Å². The highest BCUT2D eigenvalue weighted by atomic mass is 16.2. The van der Waals surface area contributed by atoms with Crippen molar-refractivity contribution in [3.8, 4) is 0 Å². The number of amides is 1. The topological polar surface area (TPSA) is 45.2 Å². The van der Waals surface area contributed by atoms with Gasteiger partial charge in [0.05, 0.1) is 0 Å². The lowest BCUT2D eigenvalue weighted by atomic mass is 10.2. The van der Waals surface area contributed by atoms with E-state index in [0.717, 1.165) is 12.1 Å². The number of nitrogens with one attached hydrogen (secondary N) is 1. The number of carbonyl (C=O) groups is 1. The van der Waals surface area contributed by atoms with Crippen molar-refractivity contribution in [2.24, 2.45) is 0 Å². The lowest BCUT2D eigenvalue weighted by molar-refractivity contribution is -0.130. The number of carbonyl (C=O) groups excluding carboxylic acids is 1. The fourth-order valence-electron chi connectivity index (χ4n) is 1.72. The van der Waals surface area contributed by atoms with E-state index in [1.807, 2.05) is 19.2 Å². The fraction of sp³-hybridized carbons (Fsp3) is 0.538. The van der Waals surface area contributed by atoms with E-state index in [2.05, 4.69) is 10.3 Å². The van der Waals surface area contributed by atoms with Crippen molar-refractivity contribution in [2.75, 3.05) is 13.6 Å². The van der Waals surface area contributed by atoms with E-state index in [0.29, 0.717) is 19.0 Å². The molecule has 0 atom stereocenters. The third kappa shape index (κ3) is 4.15. The molecule has 0 bridgehead atoms. The Hall–Kier alpha value is -1.42. The van der Waals surface area contributed by atoms with Gasteiger partial charge in [0.2, 0.25) is 5.91 Å². The summed E-state index contributed by atoms with van der Waals surface area (Å²) in [5, 5.41) is 3.35. The lowest BCUT2D eigenvalue weighted by Gasteiger charge is -2.17. The zero-order chi connectivity index (χ0) is 12.1. The predicted molar refractivity (Wildman–Crippen MR) is 66.4 cm³/mol. The molecule has 1 saturated carbocycles. The van der Waals surface area contributed by atoms with Gasteiger partial charge in [0, 0.05) is 45.0 Å². The number of nitrogens with zero attached hydrogens (tertiary/aromatic N) is 2. The molecule has 2 rings (SSSR count). The molecule has 4 nitrogen and oxygen atoms in total. The van der Waals surface area contributed by atoms with Crippen LogP contribution in [0.5, 0.6) is 0 Å². The Morgan fingerprint density at radius 3 is 3.06 bits per heavy atom. The van der Waals surface area contributed by atoms with Gasteiger partial charge < -0.3 is 10.2 Å². The van der Waals surface area contributed by atoms with Crippen LogP contribution in [-0.2, 0) is 11.3 Å². The van der Waals surface area contributed by atoms with Gasteiger partial charge in [-0.25, -0.2) is 0 Å². The third-order valence-corrected chi connectivity index (χ3v) is 2.92. The standard InChI is InChI=1S/C13H19N3O/c1-16(10-11-3-2-7-14-9-11)13(17)6-8-15-12-4-5-12/h2-3,7,9,12,15H,4-6,8,10H2,1H3. The van der Waals surface area contributed by atoms with E-state index < -0.39 is 0 Å². The summed E-state index contributed by atoms with van der Waals surface area (Å²) in [6.45, 7) is 1.43. The summed E-state index contributed by atoms with van der Waals surface area (Å²) < 4.78 is 0. The maximum absolute atomic E-state index is 11.8. The van der Waals surface area contributed by atoms with Crippen LogP contribution in [0.25, 0.3) is 0 Å². The summed E-state index contributed by atoms with van der Waals surface area (Å²) in [5.74, 6) is 0.182. The summed E-state index contributed by atoms with van der Waals surface area (Å²) in [6, 6.07) is 4.55. The molecule has 1 N–H and O–H groups in total. The van der Waals surface area contributed by atoms with E-state index in [-0.39, 0.29) is 5.91 Å². The minimum absolute atomic E-state index is 0.182. The smallest absolute Gasteiger partial charge is 0.223 e. The van der Waals surface area contributed by atoms with Crippen molar-refractivity contribution < 1.29 is 4.79 Å². The maximum atomic E-state index is 11.8. The van der Waals surface area contributed by atoms with Crippen LogP contribution in [0.1, 0.15) is 24.8 Å². The van der Waals surface area contributed by atoms with Crippen molar-refractivity contribution in [2.45, 2.75) is 31.8 Å². The van der Waals surface area contributed by atoms with Gasteiger partial charge in [0.25, 0.3) is 0 Å². The van der Waals surface area contributed by atoms with Crippen LogP contribution in [0.3, 0.4) is 0 Å². The number of hydrogen-bond donors (Lipinski definition) is 1. The molecular weight excluding hydrogens is 214 g/mol. The number of hydrogen-bond acceptors (Lipinski definition) is 3. The second-order valence-corrected chi connectivity index (χ2v) is 4.59. The van der Waals surface area contributed by atoms with Crippen LogP contribution in [0.2, 0.25) is 0 Å². The first kappa shape index (κ1) is 12.0. The molecule has 1 aliphatic carbocycles. The zero-order valence-corrected chi connectivity index (χ0v) is 10.2. The van der Waals surface area contributed by atoms with E-state index in [9.17, 15) is 4.79 Å². The highest BCUT2D eigenvalue weighted by Crippen LogP contribution is 2.18. The van der Waals surface area contributed by atoms with E-state index in [1.54, 1.807) is 17.3 Å². The zero-order valence-electron chi connectivity index (χ0n) is 10.2. The first-order valence-corrected chi connectivity index (χ1v) is 6.12. The normalized spacial score (nSPS) is 14.6. The van der Waals surface area contributed by atoms with Gasteiger partial charge in [-0.2, -0.15) is 0 Å². The molecule has 4 heteroatoms. The molecule has 1 aromatic heterocycles. The molecule has 0 aliphatic heterocycles.